The molecule has 0 amide bonds. The lowest BCUT2D eigenvalue weighted by Gasteiger charge is -2.14. The maximum atomic E-state index is 12.9. The topological polar surface area (TPSA) is 0 Å². The summed E-state index contributed by atoms with van der Waals surface area (Å²) in [5.74, 6) is 0.778. The lowest BCUT2D eigenvalue weighted by Crippen LogP contribution is -2.10. The Hall–Kier alpha value is -0.860. The van der Waals surface area contributed by atoms with Crippen LogP contribution < -0.4 is 0 Å². The van der Waals surface area contributed by atoms with Crippen LogP contribution in [0.15, 0.2) is 53.0 Å². The molecule has 2 aromatic rings. The molecular weight excluding hydrogens is 327 g/mol. The molecule has 0 spiro atoms. The molecule has 0 aliphatic carbocycles. The largest absolute Gasteiger partial charge is 0.207 e. The summed E-state index contributed by atoms with van der Waals surface area (Å²) in [6, 6.07) is 15.0. The lowest BCUT2D eigenvalue weighted by molar-refractivity contribution is 0.581. The van der Waals surface area contributed by atoms with Crippen LogP contribution in [0.1, 0.15) is 11.1 Å². The van der Waals surface area contributed by atoms with Crippen LogP contribution in [0.5, 0.6) is 0 Å². The zero-order valence-electron chi connectivity index (χ0n) is 10.5. The van der Waals surface area contributed by atoms with Gasteiger partial charge in [-0.25, -0.2) is 4.39 Å². The van der Waals surface area contributed by atoms with Crippen molar-refractivity contribution in [3.63, 3.8) is 0 Å². The fourth-order valence-electron chi connectivity index (χ4n) is 2.09. The average molecular weight is 342 g/mol. The van der Waals surface area contributed by atoms with E-state index in [0.717, 1.165) is 22.9 Å². The number of hydrogen-bond acceptors (Lipinski definition) is 0. The predicted octanol–water partition coefficient (Wildman–Crippen LogP) is 5.23. The minimum absolute atomic E-state index is 0.195. The Kier molecular flexibility index (Phi) is 5.41. The van der Waals surface area contributed by atoms with Crippen molar-refractivity contribution in [1.82, 2.24) is 0 Å². The Balaban J connectivity index is 2.00. The van der Waals surface area contributed by atoms with Gasteiger partial charge in [0.2, 0.25) is 0 Å². The van der Waals surface area contributed by atoms with E-state index in [1.807, 2.05) is 24.3 Å². The van der Waals surface area contributed by atoms with Gasteiger partial charge in [-0.15, -0.1) is 11.6 Å². The second kappa shape index (κ2) is 7.06. The molecule has 1 unspecified atom stereocenters. The first kappa shape index (κ1) is 14.5. The van der Waals surface area contributed by atoms with Gasteiger partial charge in [-0.3, -0.25) is 0 Å². The zero-order chi connectivity index (χ0) is 13.7. The summed E-state index contributed by atoms with van der Waals surface area (Å²) in [7, 11) is 0. The van der Waals surface area contributed by atoms with Crippen molar-refractivity contribution in [1.29, 1.82) is 0 Å². The second-order valence-corrected chi connectivity index (χ2v) is 5.91. The molecule has 0 aliphatic rings. The summed E-state index contributed by atoms with van der Waals surface area (Å²) in [5.41, 5.74) is 2.40. The van der Waals surface area contributed by atoms with Gasteiger partial charge >= 0.3 is 0 Å². The van der Waals surface area contributed by atoms with Crippen molar-refractivity contribution in [2.24, 2.45) is 5.92 Å². The van der Waals surface area contributed by atoms with E-state index in [1.165, 1.54) is 17.7 Å². The van der Waals surface area contributed by atoms with Gasteiger partial charge in [0.25, 0.3) is 0 Å². The SMILES string of the molecule is Fc1ccc(CC(CCl)Cc2ccc(Br)cc2)cc1. The van der Waals surface area contributed by atoms with Crippen molar-refractivity contribution in [2.75, 3.05) is 5.88 Å². The van der Waals surface area contributed by atoms with Crippen LogP contribution >= 0.6 is 27.5 Å². The fraction of sp³-hybridized carbons (Fsp3) is 0.250. The quantitative estimate of drug-likeness (QED) is 0.653. The molecule has 0 bridgehead atoms. The van der Waals surface area contributed by atoms with E-state index < -0.39 is 0 Å². The molecule has 0 fully saturated rings. The molecule has 0 aliphatic heterocycles. The van der Waals surface area contributed by atoms with Crippen molar-refractivity contribution in [2.45, 2.75) is 12.8 Å². The minimum atomic E-state index is -0.195. The van der Waals surface area contributed by atoms with Gasteiger partial charge in [-0.1, -0.05) is 40.2 Å². The Morgan fingerprint density at radius 3 is 1.84 bits per heavy atom. The van der Waals surface area contributed by atoms with Crippen LogP contribution in [0, 0.1) is 11.7 Å². The summed E-state index contributed by atoms with van der Waals surface area (Å²) in [6.07, 6.45) is 1.81. The van der Waals surface area contributed by atoms with E-state index in [4.69, 9.17) is 11.6 Å². The van der Waals surface area contributed by atoms with Gasteiger partial charge < -0.3 is 0 Å². The molecule has 0 saturated carbocycles. The molecule has 0 radical (unpaired) electrons. The average Bonchev–Trinajstić information content (AvgIpc) is 2.43. The van der Waals surface area contributed by atoms with Crippen molar-refractivity contribution >= 4 is 27.5 Å². The van der Waals surface area contributed by atoms with Crippen LogP contribution in [0.2, 0.25) is 0 Å². The molecule has 19 heavy (non-hydrogen) atoms. The standard InChI is InChI=1S/C16H15BrClF/c17-15-5-1-12(2-6-15)9-14(11-18)10-13-3-7-16(19)8-4-13/h1-8,14H,9-11H2. The maximum Gasteiger partial charge on any atom is 0.123 e. The summed E-state index contributed by atoms with van der Waals surface area (Å²) in [6.45, 7) is 0. The van der Waals surface area contributed by atoms with Crippen LogP contribution in [0.25, 0.3) is 0 Å². The van der Waals surface area contributed by atoms with Crippen LogP contribution in [0.3, 0.4) is 0 Å². The molecule has 0 nitrogen and oxygen atoms in total. The zero-order valence-corrected chi connectivity index (χ0v) is 12.8. The summed E-state index contributed by atoms with van der Waals surface area (Å²) >= 11 is 9.47. The Bertz CT molecular complexity index is 460. The van der Waals surface area contributed by atoms with Crippen molar-refractivity contribution in [3.8, 4) is 0 Å². The molecule has 2 rings (SSSR count). The number of alkyl halides is 1. The summed E-state index contributed by atoms with van der Waals surface area (Å²) in [4.78, 5) is 0. The van der Waals surface area contributed by atoms with Crippen LogP contribution in [-0.4, -0.2) is 5.88 Å². The highest BCUT2D eigenvalue weighted by atomic mass is 79.9. The fourth-order valence-corrected chi connectivity index (χ4v) is 2.57. The van der Waals surface area contributed by atoms with E-state index in [-0.39, 0.29) is 5.82 Å². The lowest BCUT2D eigenvalue weighted by atomic mass is 9.94. The van der Waals surface area contributed by atoms with E-state index in [0.29, 0.717) is 11.8 Å². The number of halogens is 3. The van der Waals surface area contributed by atoms with Crippen molar-refractivity contribution < 1.29 is 4.39 Å². The first-order valence-corrected chi connectivity index (χ1v) is 7.55. The van der Waals surface area contributed by atoms with Gasteiger partial charge in [0.05, 0.1) is 0 Å². The third-order valence-electron chi connectivity index (χ3n) is 3.09. The highest BCUT2D eigenvalue weighted by Gasteiger charge is 2.10. The highest BCUT2D eigenvalue weighted by Crippen LogP contribution is 2.18. The molecule has 0 saturated heterocycles. The number of benzene rings is 2. The molecule has 2 aromatic carbocycles. The Morgan fingerprint density at radius 2 is 1.37 bits per heavy atom. The van der Waals surface area contributed by atoms with E-state index in [9.17, 15) is 4.39 Å². The molecule has 3 heteroatoms. The van der Waals surface area contributed by atoms with Crippen LogP contribution in [-0.2, 0) is 12.8 Å². The minimum Gasteiger partial charge on any atom is -0.207 e. The van der Waals surface area contributed by atoms with Gasteiger partial charge in [0.1, 0.15) is 5.82 Å². The molecule has 0 N–H and O–H groups in total. The maximum absolute atomic E-state index is 12.9. The van der Waals surface area contributed by atoms with E-state index in [1.54, 1.807) is 0 Å². The molecule has 100 valence electrons. The highest BCUT2D eigenvalue weighted by molar-refractivity contribution is 9.10. The van der Waals surface area contributed by atoms with E-state index >= 15 is 0 Å². The Morgan fingerprint density at radius 1 is 0.895 bits per heavy atom. The third kappa shape index (κ3) is 4.63. The van der Waals surface area contributed by atoms with E-state index in [2.05, 4.69) is 28.1 Å². The molecule has 0 heterocycles. The first-order valence-electron chi connectivity index (χ1n) is 6.22. The van der Waals surface area contributed by atoms with Gasteiger partial charge in [-0.05, 0) is 54.2 Å². The number of hydrogen-bond donors (Lipinski definition) is 0. The normalized spacial score (nSPS) is 12.4. The monoisotopic (exact) mass is 340 g/mol. The third-order valence-corrected chi connectivity index (χ3v) is 4.06. The van der Waals surface area contributed by atoms with Crippen molar-refractivity contribution in [3.05, 3.63) is 69.9 Å². The van der Waals surface area contributed by atoms with Crippen LogP contribution in [0.4, 0.5) is 4.39 Å². The smallest absolute Gasteiger partial charge is 0.123 e. The summed E-state index contributed by atoms with van der Waals surface area (Å²) in [5, 5.41) is 0. The van der Waals surface area contributed by atoms with Gasteiger partial charge in [-0.2, -0.15) is 0 Å². The second-order valence-electron chi connectivity index (χ2n) is 4.68. The molecule has 1 atom stereocenters. The van der Waals surface area contributed by atoms with Gasteiger partial charge in [0.15, 0.2) is 0 Å². The summed E-state index contributed by atoms with van der Waals surface area (Å²) < 4.78 is 13.9. The Labute approximate surface area is 126 Å². The number of rotatable bonds is 5. The molecule has 0 aromatic heterocycles. The van der Waals surface area contributed by atoms with Gasteiger partial charge in [0, 0.05) is 10.4 Å². The first-order chi connectivity index (χ1) is 9.17. The predicted molar refractivity (Wildman–Crippen MR) is 82.2 cm³/mol. The molecular formula is C16H15BrClF.